The van der Waals surface area contributed by atoms with Crippen LogP contribution in [0.25, 0.3) is 0 Å². The molecule has 0 unspecified atom stereocenters. The van der Waals surface area contributed by atoms with Crippen LogP contribution in [-0.4, -0.2) is 30.6 Å². The minimum Gasteiger partial charge on any atom is -0.469 e. The fourth-order valence-electron chi connectivity index (χ4n) is 0.325. The number of rotatable bonds is 3. The molecule has 1 N–H and O–H groups in total. The number of hydrogen-bond acceptors (Lipinski definition) is 4. The Morgan fingerprint density at radius 1 is 1.33 bits per heavy atom. The molecule has 0 rings (SSSR count). The van der Waals surface area contributed by atoms with E-state index in [1.807, 2.05) is 0 Å². The third-order valence-electron chi connectivity index (χ3n) is 0.767. The molecular formula is C8H16O4. The molecule has 0 saturated carbocycles. The first kappa shape index (κ1) is 13.7. The Kier molecular flexibility index (Phi) is 11.5. The van der Waals surface area contributed by atoms with Crippen LogP contribution < -0.4 is 0 Å². The summed E-state index contributed by atoms with van der Waals surface area (Å²) in [4.78, 5) is 19.7. The number of hydrogen-bond donors (Lipinski definition) is 1. The maximum absolute atomic E-state index is 10.2. The van der Waals surface area contributed by atoms with Crippen LogP contribution in [0, 0.1) is 0 Å². The zero-order valence-electron chi connectivity index (χ0n) is 7.79. The molecular weight excluding hydrogens is 160 g/mol. The monoisotopic (exact) mass is 176 g/mol. The van der Waals surface area contributed by atoms with Gasteiger partial charge in [0.15, 0.2) is 0 Å². The number of esters is 1. The highest BCUT2D eigenvalue weighted by atomic mass is 16.5. The molecule has 0 aliphatic heterocycles. The van der Waals surface area contributed by atoms with Gasteiger partial charge in [-0.25, -0.2) is 0 Å². The average Bonchev–Trinajstić information content (AvgIpc) is 1.99. The highest BCUT2D eigenvalue weighted by Gasteiger charge is 1.95. The zero-order chi connectivity index (χ0) is 9.98. The van der Waals surface area contributed by atoms with Gasteiger partial charge in [-0.15, -0.1) is 0 Å². The van der Waals surface area contributed by atoms with E-state index in [-0.39, 0.29) is 18.4 Å². The molecule has 0 heterocycles. The molecule has 0 aromatic heterocycles. The predicted molar refractivity (Wildman–Crippen MR) is 44.7 cm³/mol. The fourth-order valence-corrected chi connectivity index (χ4v) is 0.325. The first-order valence-electron chi connectivity index (χ1n) is 3.69. The summed E-state index contributed by atoms with van der Waals surface area (Å²) in [6, 6.07) is 0. The van der Waals surface area contributed by atoms with Gasteiger partial charge in [0.2, 0.25) is 0 Å². The van der Waals surface area contributed by atoms with Gasteiger partial charge in [0.05, 0.1) is 7.11 Å². The Morgan fingerprint density at radius 3 is 2.00 bits per heavy atom. The molecule has 0 spiro atoms. The second kappa shape index (κ2) is 10.1. The Balaban J connectivity index is 0. The summed E-state index contributed by atoms with van der Waals surface area (Å²) in [5.41, 5.74) is 0. The summed E-state index contributed by atoms with van der Waals surface area (Å²) < 4.78 is 4.30. The Bertz CT molecular complexity index is 127. The molecule has 72 valence electrons. The molecule has 0 aromatic rings. The zero-order valence-corrected chi connectivity index (χ0v) is 7.79. The topological polar surface area (TPSA) is 63.6 Å². The van der Waals surface area contributed by atoms with Gasteiger partial charge < -0.3 is 14.6 Å². The van der Waals surface area contributed by atoms with Gasteiger partial charge in [-0.1, -0.05) is 0 Å². The summed E-state index contributed by atoms with van der Waals surface area (Å²) in [7, 11) is 1.33. The van der Waals surface area contributed by atoms with Crippen molar-refractivity contribution < 1.29 is 19.4 Å². The highest BCUT2D eigenvalue weighted by Crippen LogP contribution is 1.87. The van der Waals surface area contributed by atoms with Crippen molar-refractivity contribution in [3.63, 3.8) is 0 Å². The molecule has 0 radical (unpaired) electrons. The number of methoxy groups -OCH3 is 1. The van der Waals surface area contributed by atoms with Gasteiger partial charge in [-0.05, 0) is 20.3 Å². The molecule has 0 fully saturated rings. The van der Waals surface area contributed by atoms with E-state index < -0.39 is 0 Å². The molecule has 0 atom stereocenters. The van der Waals surface area contributed by atoms with Gasteiger partial charge in [0, 0.05) is 13.0 Å². The molecule has 4 heteroatoms. The van der Waals surface area contributed by atoms with Crippen molar-refractivity contribution in [2.24, 2.45) is 0 Å². The second-order valence-corrected chi connectivity index (χ2v) is 2.31. The van der Waals surface area contributed by atoms with E-state index in [9.17, 15) is 9.59 Å². The van der Waals surface area contributed by atoms with Gasteiger partial charge in [0.25, 0.3) is 0 Å². The summed E-state index contributed by atoms with van der Waals surface area (Å²) in [6.45, 7) is 3.11. The van der Waals surface area contributed by atoms with Crippen molar-refractivity contribution in [3.8, 4) is 0 Å². The first-order chi connectivity index (χ1) is 5.54. The molecule has 0 aromatic carbocycles. The van der Waals surface area contributed by atoms with Crippen LogP contribution in [0.1, 0.15) is 26.7 Å². The smallest absolute Gasteiger partial charge is 0.305 e. The Morgan fingerprint density at radius 2 is 1.75 bits per heavy atom. The average molecular weight is 176 g/mol. The van der Waals surface area contributed by atoms with E-state index in [1.165, 1.54) is 21.0 Å². The number of ketones is 1. The van der Waals surface area contributed by atoms with Crippen molar-refractivity contribution in [2.45, 2.75) is 26.7 Å². The summed E-state index contributed by atoms with van der Waals surface area (Å²) in [6.07, 6.45) is 0.805. The molecule has 0 aliphatic carbocycles. The van der Waals surface area contributed by atoms with Crippen LogP contribution in [0.2, 0.25) is 0 Å². The van der Waals surface area contributed by atoms with Crippen LogP contribution in [-0.2, 0) is 14.3 Å². The Labute approximate surface area is 72.5 Å². The molecule has 4 nitrogen and oxygen atoms in total. The van der Waals surface area contributed by atoms with Crippen LogP contribution in [0.5, 0.6) is 0 Å². The third-order valence-corrected chi connectivity index (χ3v) is 0.767. The lowest BCUT2D eigenvalue weighted by molar-refractivity contribution is -0.140. The van der Waals surface area contributed by atoms with Crippen LogP contribution >= 0.6 is 0 Å². The van der Waals surface area contributed by atoms with Crippen LogP contribution in [0.15, 0.2) is 0 Å². The molecule has 0 aliphatic rings. The highest BCUT2D eigenvalue weighted by molar-refractivity contribution is 5.72. The molecule has 12 heavy (non-hydrogen) atoms. The lowest BCUT2D eigenvalue weighted by Gasteiger charge is -1.93. The summed E-state index contributed by atoms with van der Waals surface area (Å²) >= 11 is 0. The van der Waals surface area contributed by atoms with Crippen molar-refractivity contribution in [1.29, 1.82) is 0 Å². The van der Waals surface area contributed by atoms with E-state index in [1.54, 1.807) is 0 Å². The maximum Gasteiger partial charge on any atom is 0.305 e. The van der Waals surface area contributed by atoms with Gasteiger partial charge >= 0.3 is 5.97 Å². The van der Waals surface area contributed by atoms with Crippen LogP contribution in [0.3, 0.4) is 0 Å². The first-order valence-corrected chi connectivity index (χ1v) is 3.69. The normalized spacial score (nSPS) is 8.00. The Hall–Kier alpha value is -0.900. The predicted octanol–water partition coefficient (Wildman–Crippen LogP) is 0.527. The van der Waals surface area contributed by atoms with E-state index >= 15 is 0 Å². The minimum absolute atomic E-state index is 0.0507. The SMILES string of the molecule is CC(C)=O.COC(=O)CCCO. The fraction of sp³-hybridized carbons (Fsp3) is 0.750. The number of carbonyl (C=O) groups excluding carboxylic acids is 2. The van der Waals surface area contributed by atoms with E-state index in [4.69, 9.17) is 5.11 Å². The van der Waals surface area contributed by atoms with Gasteiger partial charge in [0.1, 0.15) is 5.78 Å². The number of carbonyl (C=O) groups is 2. The van der Waals surface area contributed by atoms with Crippen LogP contribution in [0.4, 0.5) is 0 Å². The lowest BCUT2D eigenvalue weighted by atomic mass is 10.3. The minimum atomic E-state index is -0.265. The molecule has 0 bridgehead atoms. The molecule has 0 saturated heterocycles. The second-order valence-electron chi connectivity index (χ2n) is 2.31. The van der Waals surface area contributed by atoms with E-state index in [0.717, 1.165) is 0 Å². The van der Waals surface area contributed by atoms with Crippen molar-refractivity contribution in [3.05, 3.63) is 0 Å². The maximum atomic E-state index is 10.2. The quantitative estimate of drug-likeness (QED) is 0.637. The number of aliphatic hydroxyl groups is 1. The van der Waals surface area contributed by atoms with Crippen molar-refractivity contribution in [2.75, 3.05) is 13.7 Å². The number of Topliss-reactive ketones (excluding diaryl/α,β-unsaturated/α-hetero) is 1. The van der Waals surface area contributed by atoms with E-state index in [0.29, 0.717) is 12.8 Å². The van der Waals surface area contributed by atoms with Gasteiger partial charge in [-0.2, -0.15) is 0 Å². The third kappa shape index (κ3) is 23.0. The molecule has 0 amide bonds. The van der Waals surface area contributed by atoms with Crippen molar-refractivity contribution in [1.82, 2.24) is 0 Å². The summed E-state index contributed by atoms with van der Waals surface area (Å²) in [5.74, 6) is -0.0981. The lowest BCUT2D eigenvalue weighted by Crippen LogP contribution is -2.00. The van der Waals surface area contributed by atoms with E-state index in [2.05, 4.69) is 4.74 Å². The number of ether oxygens (including phenoxy) is 1. The largest absolute Gasteiger partial charge is 0.469 e. The number of aliphatic hydroxyl groups excluding tert-OH is 1. The van der Waals surface area contributed by atoms with Crippen molar-refractivity contribution >= 4 is 11.8 Å². The summed E-state index contributed by atoms with van der Waals surface area (Å²) in [5, 5.41) is 8.20. The van der Waals surface area contributed by atoms with Gasteiger partial charge in [-0.3, -0.25) is 4.79 Å². The standard InChI is InChI=1S/C5H10O3.C3H6O/c1-8-5(7)3-2-4-6;1-3(2)4/h6H,2-4H2,1H3;1-2H3.